The van der Waals surface area contributed by atoms with Crippen molar-refractivity contribution in [2.45, 2.75) is 52.1 Å². The van der Waals surface area contributed by atoms with Gasteiger partial charge in [0.2, 0.25) is 0 Å². The number of aliphatic carboxylic acids is 1. The summed E-state index contributed by atoms with van der Waals surface area (Å²) in [7, 11) is 0. The summed E-state index contributed by atoms with van der Waals surface area (Å²) < 4.78 is 11.0. The van der Waals surface area contributed by atoms with Crippen LogP contribution in [0.5, 0.6) is 5.75 Å². The second-order valence-electron chi connectivity index (χ2n) is 6.07. The number of benzene rings is 1. The van der Waals surface area contributed by atoms with Crippen LogP contribution in [-0.2, 0) is 17.6 Å². The minimum Gasteiger partial charge on any atom is -0.479 e. The van der Waals surface area contributed by atoms with E-state index in [-0.39, 0.29) is 5.63 Å². The minimum absolute atomic E-state index is 0.277. The number of fused-ring (bicyclic) bond motifs is 3. The van der Waals surface area contributed by atoms with Crippen LogP contribution in [-0.4, -0.2) is 17.2 Å². The molecule has 2 aromatic rings. The van der Waals surface area contributed by atoms with Crippen LogP contribution in [0, 0.1) is 6.92 Å². The van der Waals surface area contributed by atoms with Gasteiger partial charge in [-0.2, -0.15) is 0 Å². The van der Waals surface area contributed by atoms with Crippen molar-refractivity contribution in [3.8, 4) is 5.75 Å². The number of carbonyl (C=O) groups is 1. The van der Waals surface area contributed by atoms with Gasteiger partial charge in [-0.15, -0.1) is 0 Å². The predicted molar refractivity (Wildman–Crippen MR) is 86.2 cm³/mol. The van der Waals surface area contributed by atoms with Crippen LogP contribution in [0.15, 0.2) is 21.3 Å². The van der Waals surface area contributed by atoms with Gasteiger partial charge in [-0.25, -0.2) is 9.59 Å². The zero-order valence-electron chi connectivity index (χ0n) is 13.3. The molecule has 0 saturated carbocycles. The Morgan fingerprint density at radius 2 is 1.91 bits per heavy atom. The van der Waals surface area contributed by atoms with Gasteiger partial charge in [0.25, 0.3) is 0 Å². The highest BCUT2D eigenvalue weighted by Crippen LogP contribution is 2.32. The van der Waals surface area contributed by atoms with E-state index in [1.54, 1.807) is 13.0 Å². The lowest BCUT2D eigenvalue weighted by Crippen LogP contribution is -2.23. The smallest absolute Gasteiger partial charge is 0.344 e. The molecular weight excluding hydrogens is 296 g/mol. The number of hydrogen-bond donors (Lipinski definition) is 1. The Hall–Kier alpha value is -2.30. The van der Waals surface area contributed by atoms with Gasteiger partial charge in [0, 0.05) is 16.5 Å². The molecule has 5 heteroatoms. The molecule has 0 spiro atoms. The summed E-state index contributed by atoms with van der Waals surface area (Å²) in [5, 5.41) is 9.92. The van der Waals surface area contributed by atoms with E-state index in [0.29, 0.717) is 16.9 Å². The highest BCUT2D eigenvalue weighted by Gasteiger charge is 2.20. The van der Waals surface area contributed by atoms with Crippen LogP contribution in [0.1, 0.15) is 42.9 Å². The van der Waals surface area contributed by atoms with Gasteiger partial charge in [-0.1, -0.05) is 6.42 Å². The third kappa shape index (κ3) is 2.83. The lowest BCUT2D eigenvalue weighted by atomic mass is 9.98. The Morgan fingerprint density at radius 1 is 1.22 bits per heavy atom. The fourth-order valence-corrected chi connectivity index (χ4v) is 3.17. The third-order valence-electron chi connectivity index (χ3n) is 4.49. The number of ether oxygens (including phenoxy) is 1. The molecule has 1 atom stereocenters. The molecule has 0 unspecified atom stereocenters. The summed E-state index contributed by atoms with van der Waals surface area (Å²) >= 11 is 0. The van der Waals surface area contributed by atoms with Crippen LogP contribution < -0.4 is 10.4 Å². The summed E-state index contributed by atoms with van der Waals surface area (Å²) in [6, 6.07) is 3.64. The monoisotopic (exact) mass is 316 g/mol. The molecule has 0 bridgehead atoms. The van der Waals surface area contributed by atoms with Crippen molar-refractivity contribution in [3.05, 3.63) is 39.2 Å². The average Bonchev–Trinajstić information content (AvgIpc) is 2.77. The van der Waals surface area contributed by atoms with Crippen molar-refractivity contribution in [2.24, 2.45) is 0 Å². The Bertz CT molecular complexity index is 818. The van der Waals surface area contributed by atoms with E-state index in [1.165, 1.54) is 6.92 Å². The zero-order valence-corrected chi connectivity index (χ0v) is 13.3. The molecule has 0 aliphatic heterocycles. The van der Waals surface area contributed by atoms with Gasteiger partial charge in [-0.3, -0.25) is 0 Å². The molecule has 3 rings (SSSR count). The van der Waals surface area contributed by atoms with Gasteiger partial charge < -0.3 is 14.3 Å². The maximum absolute atomic E-state index is 12.3. The lowest BCUT2D eigenvalue weighted by Gasteiger charge is -2.15. The van der Waals surface area contributed by atoms with E-state index in [4.69, 9.17) is 14.3 Å². The van der Waals surface area contributed by atoms with Gasteiger partial charge in [-0.05, 0) is 57.2 Å². The second-order valence-corrected chi connectivity index (χ2v) is 6.07. The topological polar surface area (TPSA) is 76.7 Å². The molecular formula is C18H20O5. The molecule has 0 fully saturated rings. The first-order valence-corrected chi connectivity index (χ1v) is 7.96. The van der Waals surface area contributed by atoms with Crippen molar-refractivity contribution in [1.29, 1.82) is 0 Å². The first-order chi connectivity index (χ1) is 11.0. The molecule has 1 N–H and O–H groups in total. The molecule has 5 nitrogen and oxygen atoms in total. The minimum atomic E-state index is -1.03. The lowest BCUT2D eigenvalue weighted by molar-refractivity contribution is -0.144. The predicted octanol–water partition coefficient (Wildman–Crippen LogP) is 3.22. The van der Waals surface area contributed by atoms with Crippen molar-refractivity contribution in [1.82, 2.24) is 0 Å². The molecule has 0 radical (unpaired) electrons. The standard InChI is InChI=1S/C18H20O5/c1-10-15(22-11(2)17(19)20)9-8-13-12-6-4-3-5-7-14(12)18(21)23-16(10)13/h8-9,11H,3-7H2,1-2H3,(H,19,20)/t11-/m1/s1. The van der Waals surface area contributed by atoms with Crippen molar-refractivity contribution < 1.29 is 19.1 Å². The zero-order chi connectivity index (χ0) is 16.6. The normalized spacial score (nSPS) is 15.7. The Labute approximate surface area is 133 Å². The van der Waals surface area contributed by atoms with Gasteiger partial charge in [0.05, 0.1) is 0 Å². The number of rotatable bonds is 3. The van der Waals surface area contributed by atoms with E-state index < -0.39 is 12.1 Å². The summed E-state index contributed by atoms with van der Waals surface area (Å²) in [5.41, 5.74) is 2.77. The quantitative estimate of drug-likeness (QED) is 0.695. The summed E-state index contributed by atoms with van der Waals surface area (Å²) in [5.74, 6) is -0.600. The Kier molecular flexibility index (Phi) is 4.11. The summed E-state index contributed by atoms with van der Waals surface area (Å²) in [6.45, 7) is 3.26. The number of carboxylic acid groups (broad SMARTS) is 1. The van der Waals surface area contributed by atoms with E-state index in [2.05, 4.69) is 0 Å². The summed E-state index contributed by atoms with van der Waals surface area (Å²) in [4.78, 5) is 23.3. The van der Waals surface area contributed by atoms with Gasteiger partial charge in [0.1, 0.15) is 11.3 Å². The summed E-state index contributed by atoms with van der Waals surface area (Å²) in [6.07, 6.45) is 3.88. The molecule has 1 aromatic carbocycles. The highest BCUT2D eigenvalue weighted by molar-refractivity contribution is 5.86. The van der Waals surface area contributed by atoms with Gasteiger partial charge >= 0.3 is 11.6 Å². The fourth-order valence-electron chi connectivity index (χ4n) is 3.17. The van der Waals surface area contributed by atoms with E-state index in [0.717, 1.165) is 48.6 Å². The first kappa shape index (κ1) is 15.6. The van der Waals surface area contributed by atoms with Crippen molar-refractivity contribution in [2.75, 3.05) is 0 Å². The average molecular weight is 316 g/mol. The molecule has 23 heavy (non-hydrogen) atoms. The highest BCUT2D eigenvalue weighted by atomic mass is 16.5. The maximum atomic E-state index is 12.3. The molecule has 0 amide bonds. The molecule has 1 aliphatic carbocycles. The van der Waals surface area contributed by atoms with E-state index in [1.807, 2.05) is 6.07 Å². The second kappa shape index (κ2) is 6.07. The fraction of sp³-hybridized carbons (Fsp3) is 0.444. The van der Waals surface area contributed by atoms with Crippen LogP contribution in [0.4, 0.5) is 0 Å². The Morgan fingerprint density at radius 3 is 2.61 bits per heavy atom. The third-order valence-corrected chi connectivity index (χ3v) is 4.49. The molecule has 1 heterocycles. The molecule has 1 aromatic heterocycles. The van der Waals surface area contributed by atoms with Crippen LogP contribution in [0.2, 0.25) is 0 Å². The molecule has 0 saturated heterocycles. The molecule has 1 aliphatic rings. The SMILES string of the molecule is Cc1c(O[C@H](C)C(=O)O)ccc2c3c(c(=O)oc12)CCCCC3. The number of carboxylic acids is 1. The van der Waals surface area contributed by atoms with Crippen molar-refractivity contribution in [3.63, 3.8) is 0 Å². The van der Waals surface area contributed by atoms with Crippen LogP contribution in [0.3, 0.4) is 0 Å². The largest absolute Gasteiger partial charge is 0.479 e. The Balaban J connectivity index is 2.15. The van der Waals surface area contributed by atoms with Crippen LogP contribution >= 0.6 is 0 Å². The maximum Gasteiger partial charge on any atom is 0.344 e. The van der Waals surface area contributed by atoms with Gasteiger partial charge in [0.15, 0.2) is 6.10 Å². The van der Waals surface area contributed by atoms with E-state index >= 15 is 0 Å². The van der Waals surface area contributed by atoms with Crippen molar-refractivity contribution >= 4 is 16.9 Å². The van der Waals surface area contributed by atoms with E-state index in [9.17, 15) is 9.59 Å². The van der Waals surface area contributed by atoms with Crippen LogP contribution in [0.25, 0.3) is 11.0 Å². The number of hydrogen-bond acceptors (Lipinski definition) is 4. The number of aryl methyl sites for hydroxylation is 2. The first-order valence-electron chi connectivity index (χ1n) is 7.96. The molecule has 122 valence electrons.